The summed E-state index contributed by atoms with van der Waals surface area (Å²) in [4.78, 5) is 11.2. The molecule has 1 aliphatic heterocycles. The summed E-state index contributed by atoms with van der Waals surface area (Å²) in [5, 5.41) is 5.83. The van der Waals surface area contributed by atoms with Crippen LogP contribution in [0.3, 0.4) is 0 Å². The largest absolute Gasteiger partial charge is 0.416 e. The highest BCUT2D eigenvalue weighted by molar-refractivity contribution is 7.89. The van der Waals surface area contributed by atoms with E-state index in [2.05, 4.69) is 10.6 Å². The number of carbonyl (C=O) groups excluding carboxylic acids is 1. The van der Waals surface area contributed by atoms with E-state index in [4.69, 9.17) is 0 Å². The van der Waals surface area contributed by atoms with Crippen LogP contribution in [-0.4, -0.2) is 40.5 Å². The quantitative estimate of drug-likeness (QED) is 0.691. The third-order valence-electron chi connectivity index (χ3n) is 3.88. The van der Waals surface area contributed by atoms with E-state index >= 15 is 0 Å². The van der Waals surface area contributed by atoms with Crippen LogP contribution in [0.2, 0.25) is 0 Å². The molecule has 1 amide bonds. The second kappa shape index (κ2) is 8.15. The van der Waals surface area contributed by atoms with Crippen molar-refractivity contribution >= 4 is 15.9 Å². The smallest absolute Gasteiger partial charge is 0.355 e. The van der Waals surface area contributed by atoms with Gasteiger partial charge in [-0.3, -0.25) is 4.79 Å². The van der Waals surface area contributed by atoms with Crippen molar-refractivity contribution in [3.63, 3.8) is 0 Å². The van der Waals surface area contributed by atoms with Crippen LogP contribution in [0.25, 0.3) is 0 Å². The molecule has 6 nitrogen and oxygen atoms in total. The SMILES string of the molecule is O=C(CNS(=O)(=O)c1cccc(C(F)(F)F)c1)NCC1CCCNC1. The van der Waals surface area contributed by atoms with Crippen LogP contribution in [0.5, 0.6) is 0 Å². The standard InChI is InChI=1S/C15H20F3N3O3S/c16-15(17,18)12-4-1-5-13(7-12)25(23,24)21-10-14(22)20-9-11-3-2-6-19-8-11/h1,4-5,7,11,19,21H,2-3,6,8-10H2,(H,20,22). The van der Waals surface area contributed by atoms with Gasteiger partial charge in [0.05, 0.1) is 17.0 Å². The predicted octanol–water partition coefficient (Wildman–Crippen LogP) is 1.10. The molecule has 0 bridgehead atoms. The van der Waals surface area contributed by atoms with Crippen LogP contribution >= 0.6 is 0 Å². The summed E-state index contributed by atoms with van der Waals surface area (Å²) in [6.07, 6.45) is -2.65. The third kappa shape index (κ3) is 5.98. The first-order chi connectivity index (χ1) is 11.7. The van der Waals surface area contributed by atoms with Crippen LogP contribution in [0.1, 0.15) is 18.4 Å². The molecule has 1 aromatic carbocycles. The maximum atomic E-state index is 12.7. The molecule has 0 spiro atoms. The number of alkyl halides is 3. The highest BCUT2D eigenvalue weighted by Crippen LogP contribution is 2.30. The zero-order valence-corrected chi connectivity index (χ0v) is 14.2. The van der Waals surface area contributed by atoms with Crippen molar-refractivity contribution in [3.8, 4) is 0 Å². The molecule has 3 N–H and O–H groups in total. The van der Waals surface area contributed by atoms with Crippen LogP contribution in [0.4, 0.5) is 13.2 Å². The first-order valence-corrected chi connectivity index (χ1v) is 9.31. The number of hydrogen-bond acceptors (Lipinski definition) is 4. The number of sulfonamides is 1. The second-order valence-electron chi connectivity index (χ2n) is 5.87. The average molecular weight is 379 g/mol. The zero-order chi connectivity index (χ0) is 18.5. The Balaban J connectivity index is 1.89. The third-order valence-corrected chi connectivity index (χ3v) is 5.28. The molecule has 0 aliphatic carbocycles. The van der Waals surface area contributed by atoms with Crippen molar-refractivity contribution < 1.29 is 26.4 Å². The summed E-state index contributed by atoms with van der Waals surface area (Å²) >= 11 is 0. The Morgan fingerprint density at radius 2 is 2.08 bits per heavy atom. The summed E-state index contributed by atoms with van der Waals surface area (Å²) in [5.74, 6) is -0.237. The van der Waals surface area contributed by atoms with E-state index in [9.17, 15) is 26.4 Å². The van der Waals surface area contributed by atoms with E-state index < -0.39 is 39.1 Å². The fourth-order valence-corrected chi connectivity index (χ4v) is 3.53. The Morgan fingerprint density at radius 1 is 1.32 bits per heavy atom. The van der Waals surface area contributed by atoms with Gasteiger partial charge in [-0.2, -0.15) is 13.2 Å². The first kappa shape index (κ1) is 19.7. The van der Waals surface area contributed by atoms with Gasteiger partial charge in [-0.15, -0.1) is 0 Å². The van der Waals surface area contributed by atoms with Crippen molar-refractivity contribution in [3.05, 3.63) is 29.8 Å². The zero-order valence-electron chi connectivity index (χ0n) is 13.4. The van der Waals surface area contributed by atoms with E-state index in [-0.39, 0.29) is 5.92 Å². The van der Waals surface area contributed by atoms with Gasteiger partial charge in [-0.25, -0.2) is 13.1 Å². The molecule has 1 fully saturated rings. The number of rotatable bonds is 6. The van der Waals surface area contributed by atoms with Gasteiger partial charge in [0, 0.05) is 6.54 Å². The van der Waals surface area contributed by atoms with Crippen molar-refractivity contribution in [1.82, 2.24) is 15.4 Å². The molecule has 1 unspecified atom stereocenters. The fraction of sp³-hybridized carbons (Fsp3) is 0.533. The first-order valence-electron chi connectivity index (χ1n) is 7.83. The van der Waals surface area contributed by atoms with Crippen LogP contribution in [0, 0.1) is 5.92 Å². The van der Waals surface area contributed by atoms with Gasteiger partial charge in [0.1, 0.15) is 0 Å². The number of hydrogen-bond donors (Lipinski definition) is 3. The minimum atomic E-state index is -4.64. The van der Waals surface area contributed by atoms with E-state index in [1.54, 1.807) is 0 Å². The van der Waals surface area contributed by atoms with E-state index in [1.807, 2.05) is 4.72 Å². The number of halogens is 3. The number of benzene rings is 1. The van der Waals surface area contributed by atoms with Gasteiger partial charge < -0.3 is 10.6 Å². The number of nitrogens with one attached hydrogen (secondary N) is 3. The minimum Gasteiger partial charge on any atom is -0.355 e. The molecule has 1 aliphatic rings. The Bertz CT molecular complexity index is 701. The summed E-state index contributed by atoms with van der Waals surface area (Å²) in [7, 11) is -4.20. The Kier molecular flexibility index (Phi) is 6.42. The van der Waals surface area contributed by atoms with Gasteiger partial charge in [0.2, 0.25) is 15.9 Å². The van der Waals surface area contributed by atoms with Crippen LogP contribution < -0.4 is 15.4 Å². The summed E-state index contributed by atoms with van der Waals surface area (Å²) in [6.45, 7) is 1.63. The van der Waals surface area contributed by atoms with E-state index in [1.165, 1.54) is 0 Å². The Hall–Kier alpha value is -1.65. The molecule has 0 saturated carbocycles. The lowest BCUT2D eigenvalue weighted by molar-refractivity contribution is -0.137. The van der Waals surface area contributed by atoms with Crippen LogP contribution in [0.15, 0.2) is 29.2 Å². The fourth-order valence-electron chi connectivity index (χ4n) is 2.50. The van der Waals surface area contributed by atoms with Gasteiger partial charge in [-0.1, -0.05) is 6.07 Å². The Labute approximate surface area is 144 Å². The number of piperidine rings is 1. The lowest BCUT2D eigenvalue weighted by atomic mass is 10.00. The molecule has 1 aromatic rings. The number of amides is 1. The monoisotopic (exact) mass is 379 g/mol. The molecule has 1 heterocycles. The highest BCUT2D eigenvalue weighted by atomic mass is 32.2. The topological polar surface area (TPSA) is 87.3 Å². The minimum absolute atomic E-state index is 0.290. The highest BCUT2D eigenvalue weighted by Gasteiger charge is 2.31. The molecule has 0 aromatic heterocycles. The van der Waals surface area contributed by atoms with Gasteiger partial charge in [0.15, 0.2) is 0 Å². The summed E-state index contributed by atoms with van der Waals surface area (Å²) in [5.41, 5.74) is -1.07. The second-order valence-corrected chi connectivity index (χ2v) is 7.63. The predicted molar refractivity (Wildman–Crippen MR) is 85.2 cm³/mol. The summed E-state index contributed by atoms with van der Waals surface area (Å²) in [6, 6.07) is 3.37. The van der Waals surface area contributed by atoms with Crippen molar-refractivity contribution in [2.75, 3.05) is 26.2 Å². The molecule has 2 rings (SSSR count). The molecule has 1 saturated heterocycles. The molecule has 140 valence electrons. The summed E-state index contributed by atoms with van der Waals surface area (Å²) < 4.78 is 64.1. The number of carbonyl (C=O) groups is 1. The van der Waals surface area contributed by atoms with E-state index in [0.717, 1.165) is 44.1 Å². The lowest BCUT2D eigenvalue weighted by Crippen LogP contribution is -2.42. The van der Waals surface area contributed by atoms with Gasteiger partial charge in [0.25, 0.3) is 0 Å². The van der Waals surface area contributed by atoms with Gasteiger partial charge in [-0.05, 0) is 50.0 Å². The molecule has 10 heteroatoms. The van der Waals surface area contributed by atoms with Crippen molar-refractivity contribution in [2.45, 2.75) is 23.9 Å². The molecular weight excluding hydrogens is 359 g/mol. The van der Waals surface area contributed by atoms with E-state index in [0.29, 0.717) is 12.6 Å². The molecule has 25 heavy (non-hydrogen) atoms. The maximum absolute atomic E-state index is 12.7. The van der Waals surface area contributed by atoms with Crippen LogP contribution in [-0.2, 0) is 21.0 Å². The van der Waals surface area contributed by atoms with Crippen molar-refractivity contribution in [1.29, 1.82) is 0 Å². The Morgan fingerprint density at radius 3 is 2.72 bits per heavy atom. The molecular formula is C15H20F3N3O3S. The lowest BCUT2D eigenvalue weighted by Gasteiger charge is -2.22. The molecule has 1 atom stereocenters. The van der Waals surface area contributed by atoms with Crippen molar-refractivity contribution in [2.24, 2.45) is 5.92 Å². The maximum Gasteiger partial charge on any atom is 0.416 e. The normalized spacial score (nSPS) is 18.8. The molecule has 0 radical (unpaired) electrons. The average Bonchev–Trinajstić information content (AvgIpc) is 2.58. The van der Waals surface area contributed by atoms with Gasteiger partial charge >= 0.3 is 6.18 Å².